The molecule has 3 nitrogen and oxygen atoms in total. The Bertz CT molecular complexity index is 523. The number of nitrogens with one attached hydrogen (secondary N) is 1. The second kappa shape index (κ2) is 4.39. The van der Waals surface area contributed by atoms with Crippen LogP contribution in [0.5, 0.6) is 0 Å². The Balaban J connectivity index is 2.61. The van der Waals surface area contributed by atoms with Gasteiger partial charge in [-0.1, -0.05) is 37.3 Å². The molecule has 0 aliphatic rings. The predicted molar refractivity (Wildman–Crippen MR) is 65.5 cm³/mol. The molecule has 0 bridgehead atoms. The van der Waals surface area contributed by atoms with Crippen molar-refractivity contribution in [1.82, 2.24) is 9.78 Å². The Morgan fingerprint density at radius 2 is 1.88 bits per heavy atom. The van der Waals surface area contributed by atoms with E-state index >= 15 is 0 Å². The van der Waals surface area contributed by atoms with Gasteiger partial charge < -0.3 is 0 Å². The fourth-order valence-electron chi connectivity index (χ4n) is 1.92. The van der Waals surface area contributed by atoms with Crippen molar-refractivity contribution in [1.29, 1.82) is 0 Å². The quantitative estimate of drug-likeness (QED) is 0.840. The van der Waals surface area contributed by atoms with E-state index in [9.17, 15) is 4.79 Å². The van der Waals surface area contributed by atoms with Crippen molar-refractivity contribution in [3.63, 3.8) is 0 Å². The number of aromatic nitrogens is 2. The Labute approximate surface area is 94.7 Å². The maximum absolute atomic E-state index is 12.0. The van der Waals surface area contributed by atoms with E-state index in [0.29, 0.717) is 6.54 Å². The normalized spacial score (nSPS) is 10.6. The lowest BCUT2D eigenvalue weighted by molar-refractivity contribution is 0.638. The van der Waals surface area contributed by atoms with Gasteiger partial charge in [-0.3, -0.25) is 14.6 Å². The van der Waals surface area contributed by atoms with Gasteiger partial charge >= 0.3 is 0 Å². The van der Waals surface area contributed by atoms with Gasteiger partial charge in [-0.15, -0.1) is 0 Å². The lowest BCUT2D eigenvalue weighted by Crippen LogP contribution is -2.17. The second-order valence-electron chi connectivity index (χ2n) is 3.73. The summed E-state index contributed by atoms with van der Waals surface area (Å²) in [5, 5.41) is 3.17. The summed E-state index contributed by atoms with van der Waals surface area (Å²) in [4.78, 5) is 12.0. The topological polar surface area (TPSA) is 37.8 Å². The molecule has 0 fully saturated rings. The molecule has 0 unspecified atom stereocenters. The number of hydrogen-bond acceptors (Lipinski definition) is 1. The third-order valence-electron chi connectivity index (χ3n) is 2.78. The van der Waals surface area contributed by atoms with Crippen molar-refractivity contribution in [2.75, 3.05) is 0 Å². The monoisotopic (exact) mass is 216 g/mol. The number of hydrogen-bond donors (Lipinski definition) is 1. The van der Waals surface area contributed by atoms with Crippen LogP contribution in [0.3, 0.4) is 0 Å². The first kappa shape index (κ1) is 10.7. The maximum atomic E-state index is 12.0. The van der Waals surface area contributed by atoms with Crippen molar-refractivity contribution in [3.8, 4) is 11.3 Å². The van der Waals surface area contributed by atoms with Crippen LogP contribution in [0.4, 0.5) is 0 Å². The standard InChI is InChI=1S/C13H16N2O/c1-3-11-12(10-8-6-5-7-9-10)14-15(4-2)13(11)16/h5-9,14H,3-4H2,1-2H3. The highest BCUT2D eigenvalue weighted by atomic mass is 16.1. The van der Waals surface area contributed by atoms with Gasteiger partial charge in [-0.25, -0.2) is 0 Å². The van der Waals surface area contributed by atoms with Crippen LogP contribution in [0.1, 0.15) is 19.4 Å². The van der Waals surface area contributed by atoms with Crippen molar-refractivity contribution in [3.05, 3.63) is 46.2 Å². The Morgan fingerprint density at radius 1 is 1.19 bits per heavy atom. The molecule has 0 saturated heterocycles. The van der Waals surface area contributed by atoms with Crippen LogP contribution in [-0.2, 0) is 13.0 Å². The fourth-order valence-corrected chi connectivity index (χ4v) is 1.92. The van der Waals surface area contributed by atoms with Gasteiger partial charge in [0.2, 0.25) is 0 Å². The van der Waals surface area contributed by atoms with Gasteiger partial charge in [0.15, 0.2) is 0 Å². The molecule has 2 rings (SSSR count). The molecule has 0 atom stereocenters. The molecular weight excluding hydrogens is 200 g/mol. The molecule has 0 amide bonds. The molecule has 1 aromatic heterocycles. The summed E-state index contributed by atoms with van der Waals surface area (Å²) in [5.41, 5.74) is 3.00. The zero-order valence-corrected chi connectivity index (χ0v) is 9.66. The zero-order valence-electron chi connectivity index (χ0n) is 9.66. The first-order chi connectivity index (χ1) is 7.77. The molecule has 1 N–H and O–H groups in total. The summed E-state index contributed by atoms with van der Waals surface area (Å²) < 4.78 is 1.65. The van der Waals surface area contributed by atoms with Gasteiger partial charge in [0, 0.05) is 12.1 Å². The Hall–Kier alpha value is -1.77. The lowest BCUT2D eigenvalue weighted by Gasteiger charge is -1.99. The summed E-state index contributed by atoms with van der Waals surface area (Å²) in [5.74, 6) is 0. The predicted octanol–water partition coefficient (Wildman–Crippen LogP) is 2.43. The average molecular weight is 216 g/mol. The molecule has 0 aliphatic carbocycles. The molecule has 1 aromatic carbocycles. The first-order valence-corrected chi connectivity index (χ1v) is 5.65. The number of nitrogens with zero attached hydrogens (tertiary/aromatic N) is 1. The molecule has 0 saturated carbocycles. The summed E-state index contributed by atoms with van der Waals surface area (Å²) in [6.45, 7) is 4.65. The molecule has 1 heterocycles. The fraction of sp³-hybridized carbons (Fsp3) is 0.308. The van der Waals surface area contributed by atoms with E-state index < -0.39 is 0 Å². The minimum absolute atomic E-state index is 0.101. The Kier molecular flexibility index (Phi) is 2.95. The third-order valence-corrected chi connectivity index (χ3v) is 2.78. The first-order valence-electron chi connectivity index (χ1n) is 5.65. The number of aromatic amines is 1. The van der Waals surface area contributed by atoms with Gasteiger partial charge in [0.1, 0.15) is 0 Å². The molecular formula is C13H16N2O. The summed E-state index contributed by atoms with van der Waals surface area (Å²) in [6.07, 6.45) is 0.757. The van der Waals surface area contributed by atoms with Crippen molar-refractivity contribution < 1.29 is 0 Å². The molecule has 3 heteroatoms. The van der Waals surface area contributed by atoms with E-state index in [-0.39, 0.29) is 5.56 Å². The van der Waals surface area contributed by atoms with Crippen LogP contribution in [-0.4, -0.2) is 9.78 Å². The molecule has 0 spiro atoms. The highest BCUT2D eigenvalue weighted by molar-refractivity contribution is 5.62. The van der Waals surface area contributed by atoms with Crippen LogP contribution < -0.4 is 5.56 Å². The number of rotatable bonds is 3. The van der Waals surface area contributed by atoms with Crippen molar-refractivity contribution >= 4 is 0 Å². The summed E-state index contributed by atoms with van der Waals surface area (Å²) >= 11 is 0. The van der Waals surface area contributed by atoms with Crippen LogP contribution in [0.25, 0.3) is 11.3 Å². The summed E-state index contributed by atoms with van der Waals surface area (Å²) in [7, 11) is 0. The third kappa shape index (κ3) is 1.69. The van der Waals surface area contributed by atoms with Gasteiger partial charge in [0.05, 0.1) is 5.69 Å². The van der Waals surface area contributed by atoms with Crippen LogP contribution >= 0.6 is 0 Å². The minimum Gasteiger partial charge on any atom is -0.295 e. The van der Waals surface area contributed by atoms with E-state index in [2.05, 4.69) is 5.10 Å². The average Bonchev–Trinajstić information content (AvgIpc) is 2.66. The number of H-pyrrole nitrogens is 1. The van der Waals surface area contributed by atoms with Crippen molar-refractivity contribution in [2.24, 2.45) is 0 Å². The van der Waals surface area contributed by atoms with Gasteiger partial charge in [-0.05, 0) is 18.9 Å². The zero-order chi connectivity index (χ0) is 11.5. The van der Waals surface area contributed by atoms with Crippen LogP contribution in [0.15, 0.2) is 35.1 Å². The van der Waals surface area contributed by atoms with Crippen LogP contribution in [0, 0.1) is 0 Å². The van der Waals surface area contributed by atoms with Crippen molar-refractivity contribution in [2.45, 2.75) is 26.8 Å². The molecule has 2 aromatic rings. The maximum Gasteiger partial charge on any atom is 0.270 e. The SMILES string of the molecule is CCc1c(-c2ccccc2)[nH]n(CC)c1=O. The largest absolute Gasteiger partial charge is 0.295 e. The smallest absolute Gasteiger partial charge is 0.270 e. The van der Waals surface area contributed by atoms with E-state index in [0.717, 1.165) is 23.2 Å². The highest BCUT2D eigenvalue weighted by Gasteiger charge is 2.12. The molecule has 84 valence electrons. The second-order valence-corrected chi connectivity index (χ2v) is 3.73. The van der Waals surface area contributed by atoms with Crippen LogP contribution in [0.2, 0.25) is 0 Å². The van der Waals surface area contributed by atoms with E-state index in [1.165, 1.54) is 0 Å². The minimum atomic E-state index is 0.101. The Morgan fingerprint density at radius 3 is 2.44 bits per heavy atom. The molecule has 16 heavy (non-hydrogen) atoms. The van der Waals surface area contributed by atoms with E-state index in [4.69, 9.17) is 0 Å². The van der Waals surface area contributed by atoms with E-state index in [1.54, 1.807) is 4.68 Å². The van der Waals surface area contributed by atoms with E-state index in [1.807, 2.05) is 44.2 Å². The summed E-state index contributed by atoms with van der Waals surface area (Å²) in [6, 6.07) is 9.98. The lowest BCUT2D eigenvalue weighted by atomic mass is 10.1. The van der Waals surface area contributed by atoms with Gasteiger partial charge in [-0.2, -0.15) is 0 Å². The van der Waals surface area contributed by atoms with Gasteiger partial charge in [0.25, 0.3) is 5.56 Å². The number of benzene rings is 1. The molecule has 0 aliphatic heterocycles. The highest BCUT2D eigenvalue weighted by Crippen LogP contribution is 2.19. The number of aryl methyl sites for hydroxylation is 1. The molecule has 0 radical (unpaired) electrons.